The molecule has 2 heteroatoms. The first kappa shape index (κ1) is 11.9. The summed E-state index contributed by atoms with van der Waals surface area (Å²) in [7, 11) is 0. The van der Waals surface area contributed by atoms with Gasteiger partial charge in [0, 0.05) is 11.1 Å². The van der Waals surface area contributed by atoms with E-state index in [1.165, 1.54) is 0 Å². The Bertz CT molecular complexity index is 701. The summed E-state index contributed by atoms with van der Waals surface area (Å²) in [6.45, 7) is 1.99. The van der Waals surface area contributed by atoms with Gasteiger partial charge in [-0.1, -0.05) is 60.2 Å². The first-order valence-corrected chi connectivity index (χ1v) is 6.27. The Kier molecular flexibility index (Phi) is 2.80. The maximum atomic E-state index is 11.9. The molecule has 1 N–H and O–H groups in total. The molecule has 0 radical (unpaired) electrons. The third kappa shape index (κ3) is 2.11. The fourth-order valence-corrected chi connectivity index (χ4v) is 2.25. The van der Waals surface area contributed by atoms with E-state index in [4.69, 9.17) is 0 Å². The van der Waals surface area contributed by atoms with Crippen LogP contribution in [0.5, 0.6) is 0 Å². The zero-order valence-corrected chi connectivity index (χ0v) is 10.6. The summed E-state index contributed by atoms with van der Waals surface area (Å²) >= 11 is 0. The van der Waals surface area contributed by atoms with Gasteiger partial charge in [0.1, 0.15) is 6.10 Å². The predicted octanol–water partition coefficient (Wildman–Crippen LogP) is 2.98. The average Bonchev–Trinajstić information content (AvgIpc) is 3.11. The summed E-state index contributed by atoms with van der Waals surface area (Å²) in [5, 5.41) is 10.3. The Morgan fingerprint density at radius 1 is 0.947 bits per heavy atom. The number of hydrogen-bond donors (Lipinski definition) is 1. The van der Waals surface area contributed by atoms with Crippen LogP contribution in [0.3, 0.4) is 0 Å². The highest BCUT2D eigenvalue weighted by Crippen LogP contribution is 2.33. The van der Waals surface area contributed by atoms with Gasteiger partial charge >= 0.3 is 0 Å². The van der Waals surface area contributed by atoms with E-state index in [-0.39, 0.29) is 5.43 Å². The van der Waals surface area contributed by atoms with E-state index in [0.29, 0.717) is 11.1 Å². The Morgan fingerprint density at radius 2 is 1.58 bits per heavy atom. The van der Waals surface area contributed by atoms with Crippen LogP contribution in [0, 0.1) is 6.92 Å². The molecule has 0 fully saturated rings. The summed E-state index contributed by atoms with van der Waals surface area (Å²) in [5.41, 5.74) is 3.94. The van der Waals surface area contributed by atoms with E-state index < -0.39 is 6.10 Å². The van der Waals surface area contributed by atoms with Crippen LogP contribution in [0.1, 0.15) is 22.8 Å². The lowest BCUT2D eigenvalue weighted by Crippen LogP contribution is -1.97. The van der Waals surface area contributed by atoms with Crippen molar-refractivity contribution in [1.82, 2.24) is 0 Å². The largest absolute Gasteiger partial charge is 0.383 e. The Hall–Kier alpha value is -2.19. The highest BCUT2D eigenvalue weighted by molar-refractivity contribution is 5.77. The van der Waals surface area contributed by atoms with Crippen LogP contribution < -0.4 is 5.43 Å². The SMILES string of the molecule is Cc1ccc(C(O)c2c(-c3ccccc3)c2=O)cc1. The Morgan fingerprint density at radius 3 is 2.21 bits per heavy atom. The highest BCUT2D eigenvalue weighted by atomic mass is 16.3. The van der Waals surface area contributed by atoms with Crippen molar-refractivity contribution in [2.75, 3.05) is 0 Å². The molecule has 2 nitrogen and oxygen atoms in total. The second kappa shape index (κ2) is 4.48. The second-order valence-corrected chi connectivity index (χ2v) is 4.80. The van der Waals surface area contributed by atoms with Crippen LogP contribution in [-0.4, -0.2) is 5.11 Å². The van der Waals surface area contributed by atoms with E-state index in [1.54, 1.807) is 0 Å². The molecule has 1 unspecified atom stereocenters. The lowest BCUT2D eigenvalue weighted by molar-refractivity contribution is 0.223. The van der Waals surface area contributed by atoms with Crippen molar-refractivity contribution in [3.05, 3.63) is 81.5 Å². The molecule has 3 aromatic carbocycles. The maximum Gasteiger partial charge on any atom is 0.193 e. The van der Waals surface area contributed by atoms with Gasteiger partial charge in [0.2, 0.25) is 0 Å². The molecule has 0 amide bonds. The van der Waals surface area contributed by atoms with Crippen LogP contribution in [0.15, 0.2) is 59.4 Å². The van der Waals surface area contributed by atoms with Crippen LogP contribution >= 0.6 is 0 Å². The lowest BCUT2D eigenvalue weighted by Gasteiger charge is -2.06. The van der Waals surface area contributed by atoms with Gasteiger partial charge in [-0.3, -0.25) is 4.79 Å². The highest BCUT2D eigenvalue weighted by Gasteiger charge is 2.30. The monoisotopic (exact) mass is 250 g/mol. The third-order valence-corrected chi connectivity index (χ3v) is 3.41. The molecule has 19 heavy (non-hydrogen) atoms. The molecule has 1 atom stereocenters. The molecule has 0 saturated carbocycles. The number of rotatable bonds is 3. The van der Waals surface area contributed by atoms with Crippen LogP contribution in [0.25, 0.3) is 11.1 Å². The first-order chi connectivity index (χ1) is 9.18. The van der Waals surface area contributed by atoms with E-state index in [2.05, 4.69) is 0 Å². The summed E-state index contributed by atoms with van der Waals surface area (Å²) in [6.07, 6.45) is -0.816. The fourth-order valence-electron chi connectivity index (χ4n) is 2.25. The van der Waals surface area contributed by atoms with Crippen molar-refractivity contribution in [3.8, 4) is 11.1 Å². The third-order valence-electron chi connectivity index (χ3n) is 3.41. The minimum absolute atomic E-state index is 0.0284. The van der Waals surface area contributed by atoms with Gasteiger partial charge in [0.15, 0.2) is 5.43 Å². The number of aliphatic hydroxyl groups excluding tert-OH is 1. The van der Waals surface area contributed by atoms with Crippen LogP contribution in [0.4, 0.5) is 0 Å². The van der Waals surface area contributed by atoms with Crippen molar-refractivity contribution in [1.29, 1.82) is 0 Å². The molecule has 94 valence electrons. The standard InChI is InChI=1S/C17H14O2/c1-11-7-9-13(10-8-11)16(18)15-14(17(15)19)12-5-3-2-4-6-12/h2-10,16,18H,1H3. The first-order valence-electron chi connectivity index (χ1n) is 6.27. The number of hydrogen-bond acceptors (Lipinski definition) is 2. The second-order valence-electron chi connectivity index (χ2n) is 4.80. The normalized spacial score (nSPS) is 12.7. The van der Waals surface area contributed by atoms with Gasteiger partial charge in [-0.05, 0) is 18.1 Å². The minimum atomic E-state index is -0.816. The van der Waals surface area contributed by atoms with Gasteiger partial charge in [0.05, 0.1) is 0 Å². The molecule has 0 aliphatic heterocycles. The summed E-state index contributed by atoms with van der Waals surface area (Å²) in [4.78, 5) is 11.9. The smallest absolute Gasteiger partial charge is 0.193 e. The maximum absolute atomic E-state index is 11.9. The molecule has 0 bridgehead atoms. The van der Waals surface area contributed by atoms with E-state index >= 15 is 0 Å². The van der Waals surface area contributed by atoms with Gasteiger partial charge in [-0.15, -0.1) is 0 Å². The number of benzene rings is 2. The molecular formula is C17H14O2. The zero-order valence-electron chi connectivity index (χ0n) is 10.6. The Labute approximate surface area is 111 Å². The molecular weight excluding hydrogens is 236 g/mol. The molecule has 0 heterocycles. The lowest BCUT2D eigenvalue weighted by atomic mass is 10.0. The quantitative estimate of drug-likeness (QED) is 0.776. The van der Waals surface area contributed by atoms with Gasteiger partial charge in [0.25, 0.3) is 0 Å². The van der Waals surface area contributed by atoms with Crippen molar-refractivity contribution in [3.63, 3.8) is 0 Å². The van der Waals surface area contributed by atoms with E-state index in [9.17, 15) is 9.90 Å². The van der Waals surface area contributed by atoms with Crippen molar-refractivity contribution >= 4 is 0 Å². The van der Waals surface area contributed by atoms with Gasteiger partial charge in [-0.25, -0.2) is 0 Å². The van der Waals surface area contributed by atoms with Crippen LogP contribution in [0.2, 0.25) is 0 Å². The fraction of sp³-hybridized carbons (Fsp3) is 0.118. The van der Waals surface area contributed by atoms with Crippen molar-refractivity contribution in [2.24, 2.45) is 0 Å². The van der Waals surface area contributed by atoms with E-state index in [1.807, 2.05) is 61.5 Å². The van der Waals surface area contributed by atoms with Crippen molar-refractivity contribution in [2.45, 2.75) is 13.0 Å². The molecule has 0 aromatic heterocycles. The summed E-state index contributed by atoms with van der Waals surface area (Å²) in [5.74, 6) is 0. The summed E-state index contributed by atoms with van der Waals surface area (Å²) in [6, 6.07) is 17.1. The molecule has 0 saturated heterocycles. The summed E-state index contributed by atoms with van der Waals surface area (Å²) < 4.78 is 0. The van der Waals surface area contributed by atoms with Gasteiger partial charge < -0.3 is 5.11 Å². The predicted molar refractivity (Wildman–Crippen MR) is 75.8 cm³/mol. The number of aliphatic hydroxyl groups is 1. The molecule has 0 spiro atoms. The molecule has 3 aromatic rings. The average molecular weight is 250 g/mol. The number of aryl methyl sites for hydroxylation is 1. The zero-order chi connectivity index (χ0) is 13.4. The van der Waals surface area contributed by atoms with E-state index in [0.717, 1.165) is 16.7 Å². The van der Waals surface area contributed by atoms with Gasteiger partial charge in [-0.2, -0.15) is 0 Å². The minimum Gasteiger partial charge on any atom is -0.383 e. The van der Waals surface area contributed by atoms with Crippen LogP contribution in [-0.2, 0) is 0 Å². The molecule has 0 aliphatic rings. The molecule has 0 aliphatic carbocycles. The van der Waals surface area contributed by atoms with Crippen molar-refractivity contribution < 1.29 is 5.11 Å². The molecule has 3 rings (SSSR count). The Balaban J connectivity index is 1.93. The topological polar surface area (TPSA) is 37.3 Å².